The van der Waals surface area contributed by atoms with Gasteiger partial charge in [-0.15, -0.1) is 0 Å². The van der Waals surface area contributed by atoms with Crippen LogP contribution in [0.25, 0.3) is 0 Å². The van der Waals surface area contributed by atoms with E-state index in [1.54, 1.807) is 55.5 Å². The van der Waals surface area contributed by atoms with Crippen LogP contribution in [0.5, 0.6) is 0 Å². The Hall–Kier alpha value is -2.22. The van der Waals surface area contributed by atoms with Gasteiger partial charge in [0.2, 0.25) is 0 Å². The summed E-state index contributed by atoms with van der Waals surface area (Å²) in [6.45, 7) is 1.72. The van der Waals surface area contributed by atoms with Crippen LogP contribution < -0.4 is 10.6 Å². The van der Waals surface area contributed by atoms with Crippen LogP contribution in [-0.2, 0) is 0 Å². The fourth-order valence-corrected chi connectivity index (χ4v) is 3.48. The highest BCUT2D eigenvalue weighted by Crippen LogP contribution is 2.26. The summed E-state index contributed by atoms with van der Waals surface area (Å²) in [4.78, 5) is 29.4. The number of benzene rings is 2. The third kappa shape index (κ3) is 4.30. The third-order valence-corrected chi connectivity index (χ3v) is 5.38. The van der Waals surface area contributed by atoms with Crippen molar-refractivity contribution in [3.05, 3.63) is 74.2 Å². The van der Waals surface area contributed by atoms with Crippen LogP contribution in [0.4, 0.5) is 10.8 Å². The minimum Gasteiger partial charge on any atom is -0.320 e. The molecule has 2 aromatic carbocycles. The van der Waals surface area contributed by atoms with Crippen molar-refractivity contribution >= 4 is 61.5 Å². The van der Waals surface area contributed by atoms with E-state index in [9.17, 15) is 9.59 Å². The van der Waals surface area contributed by atoms with Crippen molar-refractivity contribution in [2.24, 2.45) is 0 Å². The molecule has 2 N–H and O–H groups in total. The maximum Gasteiger partial charge on any atom is 0.267 e. The van der Waals surface area contributed by atoms with Gasteiger partial charge in [-0.2, -0.15) is 0 Å². The zero-order chi connectivity index (χ0) is 18.7. The lowest BCUT2D eigenvalue weighted by molar-refractivity contribution is 0.102. The minimum atomic E-state index is -0.322. The molecule has 2 amide bonds. The number of aromatic nitrogens is 1. The van der Waals surface area contributed by atoms with E-state index in [-0.39, 0.29) is 11.8 Å². The van der Waals surface area contributed by atoms with Crippen LogP contribution in [-0.4, -0.2) is 16.8 Å². The van der Waals surface area contributed by atoms with Crippen molar-refractivity contribution in [3.8, 4) is 0 Å². The topological polar surface area (TPSA) is 71.1 Å². The number of para-hydroxylation sites is 1. The number of halogens is 2. The molecule has 3 aromatic rings. The number of nitrogens with one attached hydrogen (secondary N) is 2. The normalized spacial score (nSPS) is 10.4. The van der Waals surface area contributed by atoms with Gasteiger partial charge in [0, 0.05) is 10.0 Å². The molecule has 0 aliphatic heterocycles. The molecule has 5 nitrogen and oxygen atoms in total. The van der Waals surface area contributed by atoms with Crippen molar-refractivity contribution in [3.63, 3.8) is 0 Å². The van der Waals surface area contributed by atoms with Crippen LogP contribution in [0.1, 0.15) is 25.7 Å². The molecule has 3 rings (SSSR count). The maximum absolute atomic E-state index is 12.5. The first-order chi connectivity index (χ1) is 12.4. The maximum atomic E-state index is 12.5. The summed E-state index contributed by atoms with van der Waals surface area (Å²) >= 11 is 10.5. The average molecular weight is 451 g/mol. The van der Waals surface area contributed by atoms with Crippen molar-refractivity contribution < 1.29 is 9.59 Å². The first-order valence-corrected chi connectivity index (χ1v) is 9.53. The van der Waals surface area contributed by atoms with Gasteiger partial charge in [0.1, 0.15) is 4.88 Å². The highest BCUT2D eigenvalue weighted by Gasteiger charge is 2.18. The first-order valence-electron chi connectivity index (χ1n) is 7.54. The second kappa shape index (κ2) is 7.99. The summed E-state index contributed by atoms with van der Waals surface area (Å²) in [5, 5.41) is 6.28. The number of anilines is 2. The lowest BCUT2D eigenvalue weighted by Gasteiger charge is -2.05. The number of rotatable bonds is 4. The Labute approximate surface area is 167 Å². The molecule has 0 aliphatic carbocycles. The van der Waals surface area contributed by atoms with E-state index < -0.39 is 0 Å². The van der Waals surface area contributed by atoms with Gasteiger partial charge in [0.05, 0.1) is 16.4 Å². The van der Waals surface area contributed by atoms with Gasteiger partial charge in [0.15, 0.2) is 5.13 Å². The van der Waals surface area contributed by atoms with Gasteiger partial charge in [-0.05, 0) is 43.3 Å². The van der Waals surface area contributed by atoms with Crippen LogP contribution >= 0.6 is 38.9 Å². The van der Waals surface area contributed by atoms with Gasteiger partial charge in [-0.3, -0.25) is 14.9 Å². The van der Waals surface area contributed by atoms with E-state index in [4.69, 9.17) is 11.6 Å². The number of amides is 2. The molecule has 0 unspecified atom stereocenters. The number of nitrogens with zero attached hydrogens (tertiary/aromatic N) is 1. The number of aryl methyl sites for hydroxylation is 1. The van der Waals surface area contributed by atoms with Gasteiger partial charge >= 0.3 is 0 Å². The van der Waals surface area contributed by atoms with Gasteiger partial charge in [-0.25, -0.2) is 4.98 Å². The summed E-state index contributed by atoms with van der Waals surface area (Å²) in [5.41, 5.74) is 1.56. The van der Waals surface area contributed by atoms with Crippen LogP contribution in [0.3, 0.4) is 0 Å². The molecule has 0 atom stereocenters. The van der Waals surface area contributed by atoms with Crippen molar-refractivity contribution in [2.45, 2.75) is 6.92 Å². The smallest absolute Gasteiger partial charge is 0.267 e. The standard InChI is InChI=1S/C18H13BrClN3O2S/c1-10-15(17(25)22-14-5-3-2-4-13(14)20)26-18(21-10)23-16(24)11-6-8-12(19)9-7-11/h2-9H,1H3,(H,22,25)(H,21,23,24). The zero-order valence-electron chi connectivity index (χ0n) is 13.5. The Morgan fingerprint density at radius 3 is 2.42 bits per heavy atom. The molecular weight excluding hydrogens is 438 g/mol. The van der Waals surface area contributed by atoms with Gasteiger partial charge in [-0.1, -0.05) is 51.0 Å². The molecular formula is C18H13BrClN3O2S. The van der Waals surface area contributed by atoms with Crippen molar-refractivity contribution in [1.29, 1.82) is 0 Å². The Morgan fingerprint density at radius 1 is 1.04 bits per heavy atom. The summed E-state index contributed by atoms with van der Waals surface area (Å²) in [6.07, 6.45) is 0. The Morgan fingerprint density at radius 2 is 1.73 bits per heavy atom. The van der Waals surface area contributed by atoms with Crippen LogP contribution in [0, 0.1) is 6.92 Å². The Balaban J connectivity index is 1.74. The number of hydrogen-bond acceptors (Lipinski definition) is 4. The molecule has 0 saturated carbocycles. The predicted octanol–water partition coefficient (Wildman–Crippen LogP) is 5.37. The number of thiazole rings is 1. The lowest BCUT2D eigenvalue weighted by atomic mass is 10.2. The molecule has 0 spiro atoms. The minimum absolute atomic E-state index is 0.288. The second-order valence-corrected chi connectivity index (χ2v) is 7.65. The highest BCUT2D eigenvalue weighted by atomic mass is 79.9. The van der Waals surface area contributed by atoms with Gasteiger partial charge in [0.25, 0.3) is 11.8 Å². The summed E-state index contributed by atoms with van der Waals surface area (Å²) in [7, 11) is 0. The van der Waals surface area contributed by atoms with E-state index in [2.05, 4.69) is 31.5 Å². The quantitative estimate of drug-likeness (QED) is 0.561. The van der Waals surface area contributed by atoms with E-state index in [0.717, 1.165) is 15.8 Å². The van der Waals surface area contributed by atoms with Crippen molar-refractivity contribution in [2.75, 3.05) is 10.6 Å². The van der Waals surface area contributed by atoms with Gasteiger partial charge < -0.3 is 5.32 Å². The predicted molar refractivity (Wildman–Crippen MR) is 108 cm³/mol. The highest BCUT2D eigenvalue weighted by molar-refractivity contribution is 9.10. The Bertz CT molecular complexity index is 973. The molecule has 1 aromatic heterocycles. The Kier molecular flexibility index (Phi) is 5.70. The molecule has 8 heteroatoms. The summed E-state index contributed by atoms with van der Waals surface area (Å²) in [5.74, 6) is -0.610. The molecule has 0 aliphatic rings. The molecule has 1 heterocycles. The molecule has 132 valence electrons. The third-order valence-electron chi connectivity index (χ3n) is 3.45. The SMILES string of the molecule is Cc1nc(NC(=O)c2ccc(Br)cc2)sc1C(=O)Nc1ccccc1Cl. The number of carbonyl (C=O) groups excluding carboxylic acids is 2. The second-order valence-electron chi connectivity index (χ2n) is 5.33. The molecule has 26 heavy (non-hydrogen) atoms. The fourth-order valence-electron chi connectivity index (χ4n) is 2.17. The van der Waals surface area contributed by atoms with Crippen LogP contribution in [0.15, 0.2) is 53.0 Å². The molecule has 0 saturated heterocycles. The van der Waals surface area contributed by atoms with E-state index in [1.165, 1.54) is 0 Å². The van der Waals surface area contributed by atoms with E-state index in [0.29, 0.717) is 32.0 Å². The average Bonchev–Trinajstić information content (AvgIpc) is 2.98. The first kappa shape index (κ1) is 18.6. The molecule has 0 radical (unpaired) electrons. The van der Waals surface area contributed by atoms with E-state index >= 15 is 0 Å². The summed E-state index contributed by atoms with van der Waals surface area (Å²) < 4.78 is 0.887. The van der Waals surface area contributed by atoms with Crippen LogP contribution in [0.2, 0.25) is 5.02 Å². The molecule has 0 bridgehead atoms. The fraction of sp³-hybridized carbons (Fsp3) is 0.0556. The van der Waals surface area contributed by atoms with E-state index in [1.807, 2.05) is 0 Å². The zero-order valence-corrected chi connectivity index (χ0v) is 16.7. The largest absolute Gasteiger partial charge is 0.320 e. The number of hydrogen-bond donors (Lipinski definition) is 2. The monoisotopic (exact) mass is 449 g/mol. The summed E-state index contributed by atoms with van der Waals surface area (Å²) in [6, 6.07) is 13.9. The lowest BCUT2D eigenvalue weighted by Crippen LogP contribution is -2.11. The van der Waals surface area contributed by atoms with Crippen molar-refractivity contribution in [1.82, 2.24) is 4.98 Å². The number of carbonyl (C=O) groups is 2. The molecule has 0 fully saturated rings.